The summed E-state index contributed by atoms with van der Waals surface area (Å²) in [4.78, 5) is 12.5. The summed E-state index contributed by atoms with van der Waals surface area (Å²) in [5.74, 6) is -0.335. The van der Waals surface area contributed by atoms with Crippen LogP contribution in [0, 0.1) is 5.82 Å². The molecule has 0 aliphatic carbocycles. The first kappa shape index (κ1) is 18.7. The van der Waals surface area contributed by atoms with Gasteiger partial charge in [-0.25, -0.2) is 4.39 Å². The van der Waals surface area contributed by atoms with Crippen molar-refractivity contribution in [3.05, 3.63) is 95.8 Å². The molecule has 1 N–H and O–H groups in total. The molecule has 0 spiro atoms. The van der Waals surface area contributed by atoms with E-state index < -0.39 is 5.82 Å². The summed E-state index contributed by atoms with van der Waals surface area (Å²) >= 11 is 0. The van der Waals surface area contributed by atoms with Crippen molar-refractivity contribution in [2.24, 2.45) is 0 Å². The Balaban J connectivity index is 1.70. The monoisotopic (exact) mass is 359 g/mol. The molecule has 1 amide bonds. The Labute approximate surface area is 159 Å². The molecule has 3 aromatic rings. The van der Waals surface area contributed by atoms with Crippen LogP contribution in [-0.4, -0.2) is 26.4 Å². The van der Waals surface area contributed by atoms with E-state index in [0.717, 1.165) is 5.56 Å². The second kappa shape index (κ2) is 9.03. The average Bonchev–Trinajstić information content (AvgIpc) is 2.70. The summed E-state index contributed by atoms with van der Waals surface area (Å²) in [6.07, 6.45) is 0.594. The topological polar surface area (TPSA) is 38.3 Å². The third-order valence-electron chi connectivity index (χ3n) is 4.12. The lowest BCUT2D eigenvalue weighted by Crippen LogP contribution is -2.40. The van der Waals surface area contributed by atoms with Crippen molar-refractivity contribution in [3.8, 4) is 5.75 Å². The molecule has 0 bridgehead atoms. The van der Waals surface area contributed by atoms with Crippen LogP contribution in [0.5, 0.6) is 5.75 Å². The normalized spacial score (nSPS) is 11.6. The highest BCUT2D eigenvalue weighted by Gasteiger charge is 2.15. The van der Waals surface area contributed by atoms with E-state index in [1.165, 1.54) is 12.1 Å². The number of halogens is 1. The first-order valence-electron chi connectivity index (χ1n) is 8.69. The molecule has 0 aromatic heterocycles. The van der Waals surface area contributed by atoms with Crippen LogP contribution in [0.1, 0.15) is 15.9 Å². The summed E-state index contributed by atoms with van der Waals surface area (Å²) in [7, 11) is 5.49. The molecule has 2 radical (unpaired) electrons. The molecule has 1 atom stereocenters. The summed E-state index contributed by atoms with van der Waals surface area (Å²) in [6.45, 7) is 0.205. The molecule has 0 unspecified atom stereocenters. The van der Waals surface area contributed by atoms with Crippen molar-refractivity contribution < 1.29 is 13.9 Å². The van der Waals surface area contributed by atoms with Gasteiger partial charge in [0.15, 0.2) is 0 Å². The molecule has 134 valence electrons. The summed E-state index contributed by atoms with van der Waals surface area (Å²) in [6, 6.07) is 22.8. The Morgan fingerprint density at radius 1 is 1.00 bits per heavy atom. The Bertz CT molecular complexity index is 887. The van der Waals surface area contributed by atoms with Gasteiger partial charge in [0, 0.05) is 11.6 Å². The van der Waals surface area contributed by atoms with Gasteiger partial charge < -0.3 is 10.1 Å². The van der Waals surface area contributed by atoms with Crippen LogP contribution >= 0.6 is 0 Å². The van der Waals surface area contributed by atoms with Crippen molar-refractivity contribution >= 4 is 19.2 Å². The maximum absolute atomic E-state index is 13.6. The van der Waals surface area contributed by atoms with E-state index in [1.54, 1.807) is 18.2 Å². The zero-order valence-electron chi connectivity index (χ0n) is 14.8. The van der Waals surface area contributed by atoms with E-state index in [1.807, 2.05) is 48.5 Å². The van der Waals surface area contributed by atoms with E-state index in [4.69, 9.17) is 12.6 Å². The Kier molecular flexibility index (Phi) is 6.26. The van der Waals surface area contributed by atoms with E-state index in [9.17, 15) is 9.18 Å². The van der Waals surface area contributed by atoms with E-state index in [-0.39, 0.29) is 24.0 Å². The van der Waals surface area contributed by atoms with Gasteiger partial charge in [0.05, 0.1) is 6.04 Å². The predicted octanol–water partition coefficient (Wildman–Crippen LogP) is 3.04. The number of rotatable bonds is 7. The van der Waals surface area contributed by atoms with Gasteiger partial charge in [0.2, 0.25) is 0 Å². The van der Waals surface area contributed by atoms with Gasteiger partial charge in [-0.05, 0) is 30.2 Å². The second-order valence-electron chi connectivity index (χ2n) is 6.22. The Morgan fingerprint density at radius 2 is 1.67 bits per heavy atom. The van der Waals surface area contributed by atoms with E-state index in [2.05, 4.69) is 5.32 Å². The molecule has 0 heterocycles. The molecule has 0 saturated carbocycles. The number of carbonyl (C=O) groups is 1. The molecule has 5 heteroatoms. The van der Waals surface area contributed by atoms with Crippen molar-refractivity contribution in [2.45, 2.75) is 12.5 Å². The molecule has 0 fully saturated rings. The Morgan fingerprint density at radius 3 is 2.33 bits per heavy atom. The van der Waals surface area contributed by atoms with Gasteiger partial charge in [-0.2, -0.15) is 0 Å². The van der Waals surface area contributed by atoms with Crippen LogP contribution in [0.25, 0.3) is 0 Å². The Hall–Kier alpha value is -3.08. The number of ether oxygens (including phenoxy) is 1. The van der Waals surface area contributed by atoms with Crippen LogP contribution in [0.3, 0.4) is 0 Å². The highest BCUT2D eigenvalue weighted by Crippen LogP contribution is 2.12. The van der Waals surface area contributed by atoms with Gasteiger partial charge in [-0.15, -0.1) is 0 Å². The first-order valence-corrected chi connectivity index (χ1v) is 8.69. The number of carbonyl (C=O) groups excluding carboxylic acids is 1. The van der Waals surface area contributed by atoms with Crippen LogP contribution in [0.2, 0.25) is 0 Å². The molecular weight excluding hydrogens is 340 g/mol. The fourth-order valence-corrected chi connectivity index (χ4v) is 2.70. The van der Waals surface area contributed by atoms with Gasteiger partial charge in [0.25, 0.3) is 5.91 Å². The van der Waals surface area contributed by atoms with E-state index in [0.29, 0.717) is 17.7 Å². The highest BCUT2D eigenvalue weighted by atomic mass is 19.1. The molecule has 0 aliphatic rings. The van der Waals surface area contributed by atoms with E-state index >= 15 is 0 Å². The molecule has 3 aromatic carbocycles. The quantitative estimate of drug-likeness (QED) is 0.659. The number of hydrogen-bond acceptors (Lipinski definition) is 2. The molecule has 3 nitrogen and oxygen atoms in total. The highest BCUT2D eigenvalue weighted by molar-refractivity contribution is 6.32. The van der Waals surface area contributed by atoms with Gasteiger partial charge in [-0.3, -0.25) is 4.79 Å². The SMILES string of the molecule is [B]c1ccc(OC[C@@H](Cc2ccccc2)NC(=O)c2ccccc2)cc1F. The molecule has 3 rings (SSSR count). The lowest BCUT2D eigenvalue weighted by atomic mass is 9.96. The second-order valence-corrected chi connectivity index (χ2v) is 6.22. The molecule has 0 aliphatic heterocycles. The number of benzene rings is 3. The summed E-state index contributed by atoms with van der Waals surface area (Å²) in [5, 5.41) is 3.00. The van der Waals surface area contributed by atoms with Gasteiger partial charge >= 0.3 is 0 Å². The minimum Gasteiger partial charge on any atom is -0.491 e. The molecular formula is C22H19BFNO2. The van der Waals surface area contributed by atoms with Crippen molar-refractivity contribution in [3.63, 3.8) is 0 Å². The summed E-state index contributed by atoms with van der Waals surface area (Å²) < 4.78 is 19.3. The minimum absolute atomic E-state index is 0.0700. The molecule has 27 heavy (non-hydrogen) atoms. The van der Waals surface area contributed by atoms with Gasteiger partial charge in [-0.1, -0.05) is 60.1 Å². The number of amides is 1. The number of nitrogens with one attached hydrogen (secondary N) is 1. The van der Waals surface area contributed by atoms with Gasteiger partial charge in [0.1, 0.15) is 26.0 Å². The maximum atomic E-state index is 13.6. The fourth-order valence-electron chi connectivity index (χ4n) is 2.70. The number of hydrogen-bond donors (Lipinski definition) is 1. The maximum Gasteiger partial charge on any atom is 0.251 e. The standard InChI is InChI=1S/C22H19BFNO2/c23-20-12-11-19(14-21(20)24)27-15-18(13-16-7-3-1-4-8-16)25-22(26)17-9-5-2-6-10-17/h1-12,14,18H,13,15H2,(H,25,26)/t18-/m1/s1. The van der Waals surface area contributed by atoms with Crippen LogP contribution in [0.15, 0.2) is 78.9 Å². The third kappa shape index (κ3) is 5.45. The third-order valence-corrected chi connectivity index (χ3v) is 4.12. The van der Waals surface area contributed by atoms with Crippen LogP contribution in [0.4, 0.5) is 4.39 Å². The van der Waals surface area contributed by atoms with Crippen molar-refractivity contribution in [1.29, 1.82) is 0 Å². The largest absolute Gasteiger partial charge is 0.491 e. The molecule has 0 saturated heterocycles. The van der Waals surface area contributed by atoms with Crippen LogP contribution < -0.4 is 15.5 Å². The van der Waals surface area contributed by atoms with Crippen molar-refractivity contribution in [2.75, 3.05) is 6.61 Å². The fraction of sp³-hybridized carbons (Fsp3) is 0.136. The average molecular weight is 359 g/mol. The lowest BCUT2D eigenvalue weighted by molar-refractivity contribution is 0.0921. The zero-order chi connectivity index (χ0) is 19.1. The first-order chi connectivity index (χ1) is 13.1. The van der Waals surface area contributed by atoms with Crippen molar-refractivity contribution in [1.82, 2.24) is 5.32 Å². The summed E-state index contributed by atoms with van der Waals surface area (Å²) in [5.41, 5.74) is 1.72. The predicted molar refractivity (Wildman–Crippen MR) is 105 cm³/mol. The van der Waals surface area contributed by atoms with Crippen LogP contribution in [-0.2, 0) is 6.42 Å². The lowest BCUT2D eigenvalue weighted by Gasteiger charge is -2.20. The minimum atomic E-state index is -0.527. The smallest absolute Gasteiger partial charge is 0.251 e. The zero-order valence-corrected chi connectivity index (χ0v) is 14.8.